The molecule has 170 valence electrons. The van der Waals surface area contributed by atoms with Crippen molar-refractivity contribution in [3.63, 3.8) is 0 Å². The van der Waals surface area contributed by atoms with Gasteiger partial charge in [-0.05, 0) is 61.8 Å². The fraction of sp³-hybridized carbons (Fsp3) is 0.348. The Balaban J connectivity index is 1.58. The van der Waals surface area contributed by atoms with Gasteiger partial charge in [-0.2, -0.15) is 0 Å². The highest BCUT2D eigenvalue weighted by Crippen LogP contribution is 2.30. The average Bonchev–Trinajstić information content (AvgIpc) is 2.82. The summed E-state index contributed by atoms with van der Waals surface area (Å²) < 4.78 is 10.1. The summed E-state index contributed by atoms with van der Waals surface area (Å²) in [7, 11) is 1.30. The molecule has 1 fully saturated rings. The molecule has 3 rings (SSSR count). The number of esters is 1. The van der Waals surface area contributed by atoms with E-state index in [4.69, 9.17) is 16.3 Å². The van der Waals surface area contributed by atoms with Crippen LogP contribution in [0.25, 0.3) is 0 Å². The first kappa shape index (κ1) is 23.6. The summed E-state index contributed by atoms with van der Waals surface area (Å²) in [6.45, 7) is 1.56. The predicted molar refractivity (Wildman–Crippen MR) is 121 cm³/mol. The Morgan fingerprint density at radius 2 is 1.75 bits per heavy atom. The highest BCUT2D eigenvalue weighted by molar-refractivity contribution is 6.31. The molecule has 2 aromatic carbocycles. The molecule has 2 aromatic rings. The molecule has 1 saturated heterocycles. The number of amides is 2. The van der Waals surface area contributed by atoms with Crippen molar-refractivity contribution >= 4 is 35.3 Å². The van der Waals surface area contributed by atoms with Crippen LogP contribution < -0.4 is 16.0 Å². The van der Waals surface area contributed by atoms with Crippen LogP contribution in [-0.2, 0) is 20.8 Å². The first-order chi connectivity index (χ1) is 15.4. The number of piperidine rings is 1. The lowest BCUT2D eigenvalue weighted by molar-refractivity contribution is -0.135. The highest BCUT2D eigenvalue weighted by Gasteiger charge is 2.41. The van der Waals surface area contributed by atoms with Gasteiger partial charge in [-0.3, -0.25) is 10.1 Å². The number of hydrogen-bond acceptors (Lipinski definition) is 6. The van der Waals surface area contributed by atoms with Crippen LogP contribution in [0, 0.1) is 5.41 Å². The third-order valence-corrected chi connectivity index (χ3v) is 5.84. The van der Waals surface area contributed by atoms with Crippen molar-refractivity contribution in [2.24, 2.45) is 5.41 Å². The molecule has 0 aromatic heterocycles. The van der Waals surface area contributed by atoms with E-state index in [1.54, 1.807) is 18.2 Å². The van der Waals surface area contributed by atoms with Gasteiger partial charge in [0.2, 0.25) is 5.91 Å². The van der Waals surface area contributed by atoms with E-state index in [1.807, 2.05) is 18.2 Å². The molecule has 0 aliphatic carbocycles. The van der Waals surface area contributed by atoms with Crippen molar-refractivity contribution in [3.8, 4) is 0 Å². The van der Waals surface area contributed by atoms with Crippen molar-refractivity contribution < 1.29 is 23.9 Å². The molecule has 0 bridgehead atoms. The van der Waals surface area contributed by atoms with E-state index in [0.717, 1.165) is 5.56 Å². The normalized spacial score (nSPS) is 14.8. The Bertz CT molecular complexity index is 958. The van der Waals surface area contributed by atoms with Gasteiger partial charge in [0.15, 0.2) is 0 Å². The Morgan fingerprint density at radius 3 is 2.41 bits per heavy atom. The van der Waals surface area contributed by atoms with Crippen LogP contribution in [0.15, 0.2) is 48.5 Å². The van der Waals surface area contributed by atoms with Gasteiger partial charge in [-0.1, -0.05) is 29.8 Å². The van der Waals surface area contributed by atoms with Crippen LogP contribution in [0.1, 0.15) is 28.8 Å². The second-order valence-corrected chi connectivity index (χ2v) is 7.98. The fourth-order valence-electron chi connectivity index (χ4n) is 3.51. The summed E-state index contributed by atoms with van der Waals surface area (Å²) in [4.78, 5) is 36.9. The zero-order valence-electron chi connectivity index (χ0n) is 17.8. The smallest absolute Gasteiger partial charge is 0.411 e. The molecular formula is C23H26ClN3O5. The van der Waals surface area contributed by atoms with E-state index in [9.17, 15) is 14.4 Å². The van der Waals surface area contributed by atoms with E-state index in [1.165, 1.54) is 19.2 Å². The molecule has 0 saturated carbocycles. The highest BCUT2D eigenvalue weighted by atomic mass is 35.5. The van der Waals surface area contributed by atoms with E-state index in [-0.39, 0.29) is 12.5 Å². The minimum Gasteiger partial charge on any atom is -0.465 e. The van der Waals surface area contributed by atoms with Gasteiger partial charge in [0.25, 0.3) is 0 Å². The number of carbonyl (C=O) groups is 3. The molecule has 8 nitrogen and oxygen atoms in total. The molecule has 0 radical (unpaired) electrons. The Hall–Kier alpha value is -3.10. The van der Waals surface area contributed by atoms with Crippen molar-refractivity contribution in [3.05, 3.63) is 64.7 Å². The molecule has 1 aliphatic rings. The van der Waals surface area contributed by atoms with Crippen LogP contribution in [0.5, 0.6) is 0 Å². The quantitative estimate of drug-likeness (QED) is 0.548. The fourth-order valence-corrected chi connectivity index (χ4v) is 3.71. The summed E-state index contributed by atoms with van der Waals surface area (Å²) in [5, 5.41) is 9.36. The topological polar surface area (TPSA) is 106 Å². The standard InChI is InChI=1S/C23H26ClN3O5/c1-31-20(28)16-6-8-18(9-7-16)27-22(30)32-15-23(10-12-25-13-11-23)21(29)26-14-17-4-2-3-5-19(17)24/h2-9,25H,10-15H2,1H3,(H,26,29)(H,27,30). The molecule has 0 spiro atoms. The molecule has 3 N–H and O–H groups in total. The molecule has 32 heavy (non-hydrogen) atoms. The van der Waals surface area contributed by atoms with Gasteiger partial charge in [-0.15, -0.1) is 0 Å². The lowest BCUT2D eigenvalue weighted by Gasteiger charge is -2.35. The number of halogens is 1. The van der Waals surface area contributed by atoms with Gasteiger partial charge in [-0.25, -0.2) is 9.59 Å². The maximum Gasteiger partial charge on any atom is 0.411 e. The number of anilines is 1. The molecular weight excluding hydrogens is 434 g/mol. The molecule has 0 atom stereocenters. The number of hydrogen-bond donors (Lipinski definition) is 3. The van der Waals surface area contributed by atoms with Crippen LogP contribution in [-0.4, -0.2) is 44.8 Å². The van der Waals surface area contributed by atoms with E-state index in [2.05, 4.69) is 20.7 Å². The summed E-state index contributed by atoms with van der Waals surface area (Å²) in [6.07, 6.45) is 0.415. The maximum absolute atomic E-state index is 13.1. The lowest BCUT2D eigenvalue weighted by Crippen LogP contribution is -2.50. The largest absolute Gasteiger partial charge is 0.465 e. The molecule has 9 heteroatoms. The maximum atomic E-state index is 13.1. The number of carbonyl (C=O) groups excluding carboxylic acids is 3. The minimum atomic E-state index is -0.821. The first-order valence-corrected chi connectivity index (χ1v) is 10.7. The van der Waals surface area contributed by atoms with Crippen LogP contribution >= 0.6 is 11.6 Å². The molecule has 1 heterocycles. The van der Waals surface area contributed by atoms with Gasteiger partial charge in [0.1, 0.15) is 6.61 Å². The van der Waals surface area contributed by atoms with Crippen molar-refractivity contribution in [1.82, 2.24) is 10.6 Å². The number of ether oxygens (including phenoxy) is 2. The number of nitrogens with one attached hydrogen (secondary N) is 3. The van der Waals surface area contributed by atoms with Gasteiger partial charge < -0.3 is 20.1 Å². The summed E-state index contributed by atoms with van der Waals surface area (Å²) in [5.41, 5.74) is 0.833. The predicted octanol–water partition coefficient (Wildman–Crippen LogP) is 3.36. The van der Waals surface area contributed by atoms with Crippen molar-refractivity contribution in [1.29, 1.82) is 0 Å². The van der Waals surface area contributed by atoms with E-state index < -0.39 is 17.5 Å². The lowest BCUT2D eigenvalue weighted by atomic mass is 9.78. The number of methoxy groups -OCH3 is 1. The van der Waals surface area contributed by atoms with Crippen LogP contribution in [0.2, 0.25) is 5.02 Å². The van der Waals surface area contributed by atoms with Crippen LogP contribution in [0.3, 0.4) is 0 Å². The van der Waals surface area contributed by atoms with Crippen LogP contribution in [0.4, 0.5) is 10.5 Å². The third kappa shape index (κ3) is 5.99. The SMILES string of the molecule is COC(=O)c1ccc(NC(=O)OCC2(C(=O)NCc3ccccc3Cl)CCNCC2)cc1. The Morgan fingerprint density at radius 1 is 1.06 bits per heavy atom. The summed E-state index contributed by atoms with van der Waals surface area (Å²) >= 11 is 6.18. The zero-order valence-corrected chi connectivity index (χ0v) is 18.5. The van der Waals surface area contributed by atoms with Gasteiger partial charge in [0, 0.05) is 17.3 Å². The second-order valence-electron chi connectivity index (χ2n) is 7.57. The van der Waals surface area contributed by atoms with Crippen molar-refractivity contribution in [2.45, 2.75) is 19.4 Å². The van der Waals surface area contributed by atoms with Gasteiger partial charge in [0.05, 0.1) is 18.1 Å². The molecule has 2 amide bonds. The number of benzene rings is 2. The second kappa shape index (κ2) is 11.0. The van der Waals surface area contributed by atoms with E-state index in [0.29, 0.717) is 48.7 Å². The summed E-state index contributed by atoms with van der Waals surface area (Å²) in [5.74, 6) is -0.635. The first-order valence-electron chi connectivity index (χ1n) is 10.3. The zero-order chi connectivity index (χ0) is 23.0. The minimum absolute atomic E-state index is 0.0465. The van der Waals surface area contributed by atoms with Gasteiger partial charge >= 0.3 is 12.1 Å². The Kier molecular flexibility index (Phi) is 8.08. The monoisotopic (exact) mass is 459 g/mol. The molecule has 1 aliphatic heterocycles. The molecule has 0 unspecified atom stereocenters. The summed E-state index contributed by atoms with van der Waals surface area (Å²) in [6, 6.07) is 13.5. The average molecular weight is 460 g/mol. The number of rotatable bonds is 7. The Labute approximate surface area is 191 Å². The third-order valence-electron chi connectivity index (χ3n) is 5.47. The van der Waals surface area contributed by atoms with E-state index >= 15 is 0 Å². The van der Waals surface area contributed by atoms with Crippen molar-refractivity contribution in [2.75, 3.05) is 32.1 Å².